The summed E-state index contributed by atoms with van der Waals surface area (Å²) >= 11 is 5.90. The summed E-state index contributed by atoms with van der Waals surface area (Å²) in [5, 5.41) is 0.650. The largest absolute Gasteiger partial charge is 0.298 e. The number of hydrogen-bond acceptors (Lipinski definition) is 3. The minimum Gasteiger partial charge on any atom is -0.298 e. The molecule has 1 aromatic carbocycles. The van der Waals surface area contributed by atoms with Crippen molar-refractivity contribution in [2.45, 2.75) is 31.1 Å². The van der Waals surface area contributed by atoms with Gasteiger partial charge in [-0.25, -0.2) is 12.7 Å². The van der Waals surface area contributed by atoms with Crippen LogP contribution in [-0.2, 0) is 16.6 Å². The van der Waals surface area contributed by atoms with Gasteiger partial charge < -0.3 is 0 Å². The summed E-state index contributed by atoms with van der Waals surface area (Å²) in [6.45, 7) is 3.88. The number of rotatable bonds is 4. The van der Waals surface area contributed by atoms with Crippen molar-refractivity contribution in [3.63, 3.8) is 0 Å². The smallest absolute Gasteiger partial charge is 0.217 e. The summed E-state index contributed by atoms with van der Waals surface area (Å²) in [6, 6.07) is 7.87. The lowest BCUT2D eigenvalue weighted by Gasteiger charge is -2.21. The summed E-state index contributed by atoms with van der Waals surface area (Å²) in [5.74, 6) is 0. The molecule has 0 bridgehead atoms. The van der Waals surface area contributed by atoms with E-state index in [4.69, 9.17) is 11.6 Å². The summed E-state index contributed by atoms with van der Waals surface area (Å²) in [5.41, 5.74) is 1.22. The zero-order valence-electron chi connectivity index (χ0n) is 12.0. The van der Waals surface area contributed by atoms with Crippen molar-refractivity contribution < 1.29 is 8.42 Å². The van der Waals surface area contributed by atoms with Crippen molar-refractivity contribution in [2.24, 2.45) is 0 Å². The highest BCUT2D eigenvalue weighted by molar-refractivity contribution is 7.90. The van der Waals surface area contributed by atoms with Crippen molar-refractivity contribution in [3.8, 4) is 0 Å². The van der Waals surface area contributed by atoms with Crippen molar-refractivity contribution in [1.82, 2.24) is 9.21 Å². The Morgan fingerprint density at radius 2 is 1.76 bits per heavy atom. The second kappa shape index (κ2) is 6.24. The van der Waals surface area contributed by atoms with Gasteiger partial charge in [-0.1, -0.05) is 23.7 Å². The molecule has 116 valence electrons. The van der Waals surface area contributed by atoms with E-state index in [1.807, 2.05) is 24.3 Å². The summed E-state index contributed by atoms with van der Waals surface area (Å²) in [4.78, 5) is 2.33. The number of nitrogens with zero attached hydrogens (tertiary/aromatic N) is 2. The van der Waals surface area contributed by atoms with E-state index >= 15 is 0 Å². The van der Waals surface area contributed by atoms with Crippen LogP contribution in [0.3, 0.4) is 0 Å². The highest BCUT2D eigenvalue weighted by Crippen LogP contribution is 2.31. The van der Waals surface area contributed by atoms with E-state index < -0.39 is 10.0 Å². The van der Waals surface area contributed by atoms with E-state index in [0.717, 1.165) is 43.9 Å². The topological polar surface area (TPSA) is 40.6 Å². The highest BCUT2D eigenvalue weighted by atomic mass is 35.5. The Kier molecular flexibility index (Phi) is 4.54. The predicted molar refractivity (Wildman–Crippen MR) is 84.9 cm³/mol. The van der Waals surface area contributed by atoms with Crippen molar-refractivity contribution in [3.05, 3.63) is 34.9 Å². The molecule has 0 atom stereocenters. The van der Waals surface area contributed by atoms with E-state index in [0.29, 0.717) is 13.1 Å². The van der Waals surface area contributed by atoms with Crippen LogP contribution in [-0.4, -0.2) is 49.1 Å². The lowest BCUT2D eigenvalue weighted by Crippen LogP contribution is -2.37. The highest BCUT2D eigenvalue weighted by Gasteiger charge is 2.40. The molecule has 4 nitrogen and oxygen atoms in total. The summed E-state index contributed by atoms with van der Waals surface area (Å²) < 4.78 is 26.3. The standard InChI is InChI=1S/C15H21ClN2O2S/c16-14-4-2-13(3-5-14)12-17-8-1-9-18(11-10-17)21(19,20)15-6-7-15/h2-5,15H,1,6-12H2. The van der Waals surface area contributed by atoms with Crippen LogP contribution >= 0.6 is 11.6 Å². The van der Waals surface area contributed by atoms with Crippen LogP contribution in [0.5, 0.6) is 0 Å². The van der Waals surface area contributed by atoms with E-state index in [2.05, 4.69) is 4.90 Å². The van der Waals surface area contributed by atoms with Crippen LogP contribution in [0.2, 0.25) is 5.02 Å². The quantitative estimate of drug-likeness (QED) is 0.852. The molecule has 1 aliphatic carbocycles. The predicted octanol–water partition coefficient (Wildman–Crippen LogP) is 2.34. The molecule has 6 heteroatoms. The fraction of sp³-hybridized carbons (Fsp3) is 0.600. The molecule has 0 N–H and O–H groups in total. The minimum absolute atomic E-state index is 0.0969. The third kappa shape index (κ3) is 3.77. The van der Waals surface area contributed by atoms with Crippen molar-refractivity contribution in [1.29, 1.82) is 0 Å². The van der Waals surface area contributed by atoms with Crippen LogP contribution in [0.1, 0.15) is 24.8 Å². The molecular weight excluding hydrogens is 308 g/mol. The molecular formula is C15H21ClN2O2S. The Labute approximate surface area is 131 Å². The van der Waals surface area contributed by atoms with Gasteiger partial charge in [0.1, 0.15) is 0 Å². The van der Waals surface area contributed by atoms with Gasteiger partial charge in [-0.15, -0.1) is 0 Å². The molecule has 0 spiro atoms. The molecule has 0 amide bonds. The normalized spacial score (nSPS) is 22.1. The second-order valence-electron chi connectivity index (χ2n) is 5.90. The lowest BCUT2D eigenvalue weighted by atomic mass is 10.2. The van der Waals surface area contributed by atoms with E-state index in [-0.39, 0.29) is 5.25 Å². The Morgan fingerprint density at radius 3 is 2.43 bits per heavy atom. The molecule has 2 fully saturated rings. The van der Waals surface area contributed by atoms with Gasteiger partial charge in [0.25, 0.3) is 0 Å². The van der Waals surface area contributed by atoms with E-state index in [9.17, 15) is 8.42 Å². The Balaban J connectivity index is 1.59. The fourth-order valence-corrected chi connectivity index (χ4v) is 4.78. The lowest BCUT2D eigenvalue weighted by molar-refractivity contribution is 0.278. The Hall–Kier alpha value is -0.620. The van der Waals surface area contributed by atoms with Crippen LogP contribution in [0, 0.1) is 0 Å². The summed E-state index contributed by atoms with van der Waals surface area (Å²) in [6.07, 6.45) is 2.58. The maximum absolute atomic E-state index is 12.3. The Bertz CT molecular complexity index is 584. The van der Waals surface area contributed by atoms with Crippen LogP contribution in [0.15, 0.2) is 24.3 Å². The second-order valence-corrected chi connectivity index (χ2v) is 8.55. The molecule has 1 heterocycles. The average molecular weight is 329 g/mol. The zero-order chi connectivity index (χ0) is 14.9. The van der Waals surface area contributed by atoms with Crippen LogP contribution < -0.4 is 0 Å². The molecule has 0 aromatic heterocycles. The van der Waals surface area contributed by atoms with Crippen LogP contribution in [0.4, 0.5) is 0 Å². The van der Waals surface area contributed by atoms with Gasteiger partial charge >= 0.3 is 0 Å². The van der Waals surface area contributed by atoms with Gasteiger partial charge in [0.05, 0.1) is 5.25 Å². The number of sulfonamides is 1. The van der Waals surface area contributed by atoms with Crippen LogP contribution in [0.25, 0.3) is 0 Å². The monoisotopic (exact) mass is 328 g/mol. The molecule has 0 radical (unpaired) electrons. The van der Waals surface area contributed by atoms with Gasteiger partial charge in [-0.3, -0.25) is 4.90 Å². The van der Waals surface area contributed by atoms with Gasteiger partial charge in [-0.2, -0.15) is 0 Å². The molecule has 1 saturated carbocycles. The van der Waals surface area contributed by atoms with E-state index in [1.54, 1.807) is 4.31 Å². The molecule has 0 unspecified atom stereocenters. The first kappa shape index (κ1) is 15.3. The molecule has 1 saturated heterocycles. The minimum atomic E-state index is -3.02. The van der Waals surface area contributed by atoms with Gasteiger partial charge in [0.15, 0.2) is 0 Å². The van der Waals surface area contributed by atoms with Gasteiger partial charge in [-0.05, 0) is 43.5 Å². The molecule has 1 aliphatic heterocycles. The number of hydrogen-bond donors (Lipinski definition) is 0. The SMILES string of the molecule is O=S(=O)(C1CC1)N1CCCN(Cc2ccc(Cl)cc2)CC1. The molecule has 21 heavy (non-hydrogen) atoms. The molecule has 2 aliphatic rings. The zero-order valence-corrected chi connectivity index (χ0v) is 13.6. The van der Waals surface area contributed by atoms with Gasteiger partial charge in [0, 0.05) is 31.2 Å². The fourth-order valence-electron chi connectivity index (χ4n) is 2.78. The Morgan fingerprint density at radius 1 is 1.05 bits per heavy atom. The molecule has 1 aromatic rings. The van der Waals surface area contributed by atoms with E-state index in [1.165, 1.54) is 5.56 Å². The first-order valence-corrected chi connectivity index (χ1v) is 9.39. The first-order chi connectivity index (χ1) is 10.1. The molecule has 3 rings (SSSR count). The third-order valence-electron chi connectivity index (χ3n) is 4.17. The third-order valence-corrected chi connectivity index (χ3v) is 6.82. The maximum Gasteiger partial charge on any atom is 0.217 e. The summed E-state index contributed by atoms with van der Waals surface area (Å²) in [7, 11) is -3.02. The van der Waals surface area contributed by atoms with Crippen molar-refractivity contribution >= 4 is 21.6 Å². The average Bonchev–Trinajstić information content (AvgIpc) is 3.27. The first-order valence-electron chi connectivity index (χ1n) is 7.51. The number of benzene rings is 1. The van der Waals surface area contributed by atoms with Gasteiger partial charge in [0.2, 0.25) is 10.0 Å². The van der Waals surface area contributed by atoms with Crippen molar-refractivity contribution in [2.75, 3.05) is 26.2 Å². The number of halogens is 1. The maximum atomic E-state index is 12.3.